The molecule has 0 radical (unpaired) electrons. The lowest BCUT2D eigenvalue weighted by Crippen LogP contribution is -2.40. The quantitative estimate of drug-likeness (QED) is 0.222. The Kier molecular flexibility index (Phi) is 10.7. The smallest absolute Gasteiger partial charge is 0.310 e. The zero-order valence-electron chi connectivity index (χ0n) is 19.6. The van der Waals surface area contributed by atoms with Gasteiger partial charge in [0.25, 0.3) is 0 Å². The number of aromatic nitrogens is 1. The molecule has 2 heterocycles. The van der Waals surface area contributed by atoms with Crippen molar-refractivity contribution in [3.05, 3.63) is 48.2 Å². The van der Waals surface area contributed by atoms with Gasteiger partial charge in [0, 0.05) is 38.4 Å². The predicted octanol–water partition coefficient (Wildman–Crippen LogP) is 4.10. The van der Waals surface area contributed by atoms with Crippen molar-refractivity contribution in [3.63, 3.8) is 0 Å². The predicted molar refractivity (Wildman–Crippen MR) is 138 cm³/mol. The SMILES string of the molecule is CCCOc1ccccc1Oc1ncccc1CNC(=NC)N1CC(C)C(C(=O)OC)C1.I. The van der Waals surface area contributed by atoms with E-state index >= 15 is 0 Å². The van der Waals surface area contributed by atoms with E-state index in [2.05, 4.69) is 34.0 Å². The summed E-state index contributed by atoms with van der Waals surface area (Å²) in [6, 6.07) is 11.4. The van der Waals surface area contributed by atoms with E-state index in [0.717, 1.165) is 24.5 Å². The van der Waals surface area contributed by atoms with Crippen molar-refractivity contribution in [2.45, 2.75) is 26.8 Å². The second-order valence-corrected chi connectivity index (χ2v) is 7.78. The van der Waals surface area contributed by atoms with Crippen LogP contribution in [0.4, 0.5) is 0 Å². The highest BCUT2D eigenvalue weighted by molar-refractivity contribution is 14.0. The van der Waals surface area contributed by atoms with Gasteiger partial charge in [-0.05, 0) is 30.5 Å². The van der Waals surface area contributed by atoms with Gasteiger partial charge in [-0.15, -0.1) is 24.0 Å². The summed E-state index contributed by atoms with van der Waals surface area (Å²) >= 11 is 0. The van der Waals surface area contributed by atoms with E-state index in [1.807, 2.05) is 36.4 Å². The Labute approximate surface area is 212 Å². The van der Waals surface area contributed by atoms with Gasteiger partial charge in [-0.25, -0.2) is 4.98 Å². The summed E-state index contributed by atoms with van der Waals surface area (Å²) in [5.74, 6) is 2.40. The molecule has 0 spiro atoms. The number of nitrogens with zero attached hydrogens (tertiary/aromatic N) is 3. The van der Waals surface area contributed by atoms with E-state index in [0.29, 0.717) is 37.1 Å². The first-order chi connectivity index (χ1) is 15.6. The molecule has 2 atom stereocenters. The first-order valence-electron chi connectivity index (χ1n) is 10.9. The minimum Gasteiger partial charge on any atom is -0.490 e. The Bertz CT molecular complexity index is 940. The molecule has 1 aliphatic rings. The number of carbonyl (C=O) groups is 1. The number of halogens is 1. The van der Waals surface area contributed by atoms with Crippen molar-refractivity contribution in [3.8, 4) is 17.4 Å². The molecule has 0 saturated carbocycles. The highest BCUT2D eigenvalue weighted by Gasteiger charge is 2.36. The summed E-state index contributed by atoms with van der Waals surface area (Å²) < 4.78 is 16.9. The van der Waals surface area contributed by atoms with Crippen molar-refractivity contribution in [1.29, 1.82) is 0 Å². The Morgan fingerprint density at radius 3 is 2.67 bits per heavy atom. The topological polar surface area (TPSA) is 85.3 Å². The van der Waals surface area contributed by atoms with Crippen LogP contribution in [0.2, 0.25) is 0 Å². The van der Waals surface area contributed by atoms with Gasteiger partial charge in [-0.3, -0.25) is 9.79 Å². The van der Waals surface area contributed by atoms with E-state index in [1.54, 1.807) is 13.2 Å². The summed E-state index contributed by atoms with van der Waals surface area (Å²) in [4.78, 5) is 22.9. The number of ether oxygens (including phenoxy) is 3. The first-order valence-corrected chi connectivity index (χ1v) is 10.9. The number of rotatable bonds is 8. The summed E-state index contributed by atoms with van der Waals surface area (Å²) in [6.07, 6.45) is 2.62. The maximum Gasteiger partial charge on any atom is 0.310 e. The Morgan fingerprint density at radius 2 is 1.97 bits per heavy atom. The zero-order valence-corrected chi connectivity index (χ0v) is 21.9. The average Bonchev–Trinajstić information content (AvgIpc) is 3.20. The van der Waals surface area contributed by atoms with Gasteiger partial charge in [-0.1, -0.05) is 32.0 Å². The van der Waals surface area contributed by atoms with Crippen molar-refractivity contribution in [2.24, 2.45) is 16.8 Å². The van der Waals surface area contributed by atoms with Crippen LogP contribution in [0.1, 0.15) is 25.8 Å². The van der Waals surface area contributed by atoms with E-state index in [1.165, 1.54) is 7.11 Å². The first kappa shape index (κ1) is 26.7. The molecule has 1 fully saturated rings. The third kappa shape index (κ3) is 6.96. The summed E-state index contributed by atoms with van der Waals surface area (Å²) in [5, 5.41) is 3.37. The second-order valence-electron chi connectivity index (χ2n) is 7.78. The van der Waals surface area contributed by atoms with Crippen LogP contribution in [0.5, 0.6) is 17.4 Å². The third-order valence-electron chi connectivity index (χ3n) is 5.43. The summed E-state index contributed by atoms with van der Waals surface area (Å²) in [6.45, 7) is 6.52. The molecule has 3 rings (SSSR count). The maximum absolute atomic E-state index is 12.0. The normalized spacial score (nSPS) is 17.8. The minimum absolute atomic E-state index is 0. The Hall–Kier alpha value is -2.56. The van der Waals surface area contributed by atoms with Crippen LogP contribution in [0, 0.1) is 11.8 Å². The van der Waals surface area contributed by atoms with Gasteiger partial charge in [0.2, 0.25) is 5.88 Å². The minimum atomic E-state index is -0.178. The molecule has 8 nitrogen and oxygen atoms in total. The Balaban J connectivity index is 0.00000385. The van der Waals surface area contributed by atoms with Crippen molar-refractivity contribution < 1.29 is 19.0 Å². The van der Waals surface area contributed by atoms with Crippen LogP contribution in [-0.2, 0) is 16.1 Å². The van der Waals surface area contributed by atoms with Crippen LogP contribution in [0.25, 0.3) is 0 Å². The Morgan fingerprint density at radius 1 is 1.21 bits per heavy atom. The van der Waals surface area contributed by atoms with Crippen LogP contribution in [0.3, 0.4) is 0 Å². The van der Waals surface area contributed by atoms with Gasteiger partial charge >= 0.3 is 5.97 Å². The number of para-hydroxylation sites is 2. The standard InChI is InChI=1S/C24H32N4O4.HI/c1-5-13-31-20-10-6-7-11-21(20)32-22-18(9-8-12-26-22)14-27-24(25-3)28-15-17(2)19(16-28)23(29)30-4;/h6-12,17,19H,5,13-16H2,1-4H3,(H,25,27);1H. The molecule has 1 saturated heterocycles. The van der Waals surface area contributed by atoms with Crippen molar-refractivity contribution in [1.82, 2.24) is 15.2 Å². The van der Waals surface area contributed by atoms with Crippen molar-refractivity contribution >= 4 is 35.9 Å². The molecule has 180 valence electrons. The number of methoxy groups -OCH3 is 1. The number of hydrogen-bond donors (Lipinski definition) is 1. The van der Waals surface area contributed by atoms with Gasteiger partial charge in [0.1, 0.15) is 0 Å². The number of aliphatic imine (C=N–C) groups is 1. The van der Waals surface area contributed by atoms with Crippen LogP contribution >= 0.6 is 24.0 Å². The number of benzene rings is 1. The van der Waals surface area contributed by atoms with E-state index in [9.17, 15) is 4.79 Å². The molecule has 0 bridgehead atoms. The molecule has 1 N–H and O–H groups in total. The lowest BCUT2D eigenvalue weighted by Gasteiger charge is -2.22. The van der Waals surface area contributed by atoms with Gasteiger partial charge in [-0.2, -0.15) is 0 Å². The molecule has 0 aliphatic carbocycles. The summed E-state index contributed by atoms with van der Waals surface area (Å²) in [7, 11) is 3.17. The fraction of sp³-hybridized carbons (Fsp3) is 0.458. The molecule has 1 aromatic carbocycles. The molecule has 9 heteroatoms. The average molecular weight is 568 g/mol. The molecule has 2 unspecified atom stereocenters. The van der Waals surface area contributed by atoms with Gasteiger partial charge < -0.3 is 24.4 Å². The monoisotopic (exact) mass is 568 g/mol. The van der Waals surface area contributed by atoms with Crippen LogP contribution in [0.15, 0.2) is 47.6 Å². The number of hydrogen-bond acceptors (Lipinski definition) is 6. The number of carbonyl (C=O) groups excluding carboxylic acids is 1. The lowest BCUT2D eigenvalue weighted by molar-refractivity contribution is -0.145. The lowest BCUT2D eigenvalue weighted by atomic mass is 9.99. The highest BCUT2D eigenvalue weighted by Crippen LogP contribution is 2.32. The molecular formula is C24H33IN4O4. The highest BCUT2D eigenvalue weighted by atomic mass is 127. The molecule has 1 aromatic heterocycles. The van der Waals surface area contributed by atoms with E-state index in [-0.39, 0.29) is 41.8 Å². The fourth-order valence-electron chi connectivity index (χ4n) is 3.72. The van der Waals surface area contributed by atoms with Gasteiger partial charge in [0.15, 0.2) is 17.5 Å². The van der Waals surface area contributed by atoms with E-state index < -0.39 is 0 Å². The summed E-state index contributed by atoms with van der Waals surface area (Å²) in [5.41, 5.74) is 0.885. The molecule has 2 aromatic rings. The second kappa shape index (κ2) is 13.2. The number of nitrogens with one attached hydrogen (secondary N) is 1. The van der Waals surface area contributed by atoms with Gasteiger partial charge in [0.05, 0.1) is 19.6 Å². The molecular weight excluding hydrogens is 535 g/mol. The molecule has 0 amide bonds. The number of likely N-dealkylation sites (tertiary alicyclic amines) is 1. The largest absolute Gasteiger partial charge is 0.490 e. The maximum atomic E-state index is 12.0. The number of pyridine rings is 1. The van der Waals surface area contributed by atoms with E-state index in [4.69, 9.17) is 14.2 Å². The van der Waals surface area contributed by atoms with Crippen molar-refractivity contribution in [2.75, 3.05) is 33.9 Å². The number of guanidine groups is 1. The molecule has 33 heavy (non-hydrogen) atoms. The van der Waals surface area contributed by atoms with Crippen LogP contribution in [-0.4, -0.2) is 55.7 Å². The molecule has 1 aliphatic heterocycles. The fourth-order valence-corrected chi connectivity index (χ4v) is 3.72. The third-order valence-corrected chi connectivity index (χ3v) is 5.43. The zero-order chi connectivity index (χ0) is 22.9. The van der Waals surface area contributed by atoms with Crippen LogP contribution < -0.4 is 14.8 Å². The number of esters is 1.